The number of nitrogens with zero attached hydrogens (tertiary/aromatic N) is 4. The summed E-state index contributed by atoms with van der Waals surface area (Å²) in [5.74, 6) is 0.131. The van der Waals surface area contributed by atoms with E-state index >= 15 is 0 Å². The molecule has 2 atom stereocenters. The quantitative estimate of drug-likeness (QED) is 0.335. The van der Waals surface area contributed by atoms with Gasteiger partial charge in [-0.2, -0.15) is 0 Å². The molecule has 200 valence electrons. The van der Waals surface area contributed by atoms with Crippen LogP contribution in [-0.4, -0.2) is 101 Å². The summed E-state index contributed by atoms with van der Waals surface area (Å²) in [6.07, 6.45) is 1.19. The molecule has 12 heteroatoms. The average molecular weight is 565 g/mol. The average Bonchev–Trinajstić information content (AvgIpc) is 2.72. The second kappa shape index (κ2) is 13.2. The maximum atomic E-state index is 11.9. The van der Waals surface area contributed by atoms with Crippen molar-refractivity contribution in [3.8, 4) is 0 Å². The predicted octanol–water partition coefficient (Wildman–Crippen LogP) is 4.11. The number of rotatable bonds is 12. The van der Waals surface area contributed by atoms with Gasteiger partial charge >= 0.3 is 11.9 Å². The first-order valence-electron chi connectivity index (χ1n) is 12.0. The summed E-state index contributed by atoms with van der Waals surface area (Å²) in [7, 11) is 0. The van der Waals surface area contributed by atoms with Crippen LogP contribution < -0.4 is 0 Å². The van der Waals surface area contributed by atoms with Crippen molar-refractivity contribution in [3.05, 3.63) is 0 Å². The number of carboxylic acids is 2. The molecule has 0 aromatic rings. The van der Waals surface area contributed by atoms with Crippen LogP contribution in [0.3, 0.4) is 0 Å². The van der Waals surface area contributed by atoms with E-state index < -0.39 is 24.0 Å². The van der Waals surface area contributed by atoms with Crippen LogP contribution in [0.1, 0.15) is 54.4 Å². The number of hydrogen-bond acceptors (Lipinski definition) is 8. The maximum absolute atomic E-state index is 11.9. The van der Waals surface area contributed by atoms with E-state index in [9.17, 15) is 19.8 Å². The zero-order valence-electron chi connectivity index (χ0n) is 21.6. The molecule has 8 nitrogen and oxygen atoms in total. The zero-order valence-corrected chi connectivity index (χ0v) is 24.9. The van der Waals surface area contributed by atoms with E-state index in [2.05, 4.69) is 23.6 Å². The molecular formula is C23H40N4O4S4. The Balaban J connectivity index is 2.08. The Bertz CT molecular complexity index is 733. The summed E-state index contributed by atoms with van der Waals surface area (Å²) < 4.78 is 1.56. The predicted molar refractivity (Wildman–Crippen MR) is 152 cm³/mol. The van der Waals surface area contributed by atoms with Gasteiger partial charge < -0.3 is 20.0 Å². The van der Waals surface area contributed by atoms with Gasteiger partial charge in [-0.25, -0.2) is 0 Å². The van der Waals surface area contributed by atoms with Crippen LogP contribution in [0.2, 0.25) is 0 Å². The van der Waals surface area contributed by atoms with Crippen LogP contribution in [0, 0.1) is 17.3 Å². The maximum Gasteiger partial charge on any atom is 0.321 e. The minimum Gasteiger partial charge on any atom is -0.480 e. The molecule has 0 radical (unpaired) electrons. The van der Waals surface area contributed by atoms with Gasteiger partial charge in [-0.05, 0) is 30.1 Å². The number of hydrogen-bond donors (Lipinski definition) is 2. The number of thiocarbonyl (C=S) groups is 2. The molecule has 2 rings (SSSR count). The lowest BCUT2D eigenvalue weighted by molar-refractivity contribution is -0.145. The Morgan fingerprint density at radius 2 is 1.17 bits per heavy atom. The molecule has 0 aromatic heterocycles. The minimum atomic E-state index is -0.795. The molecule has 2 heterocycles. The molecule has 0 amide bonds. The highest BCUT2D eigenvalue weighted by Crippen LogP contribution is 2.30. The lowest BCUT2D eigenvalue weighted by Crippen LogP contribution is -2.56. The third kappa shape index (κ3) is 9.30. The monoisotopic (exact) mass is 564 g/mol. The topological polar surface area (TPSA) is 87.6 Å². The van der Waals surface area contributed by atoms with Gasteiger partial charge in [0.25, 0.3) is 0 Å². The molecule has 2 N–H and O–H groups in total. The first kappa shape index (κ1) is 30.6. The number of thioether (sulfide) groups is 2. The van der Waals surface area contributed by atoms with Crippen molar-refractivity contribution in [1.82, 2.24) is 19.6 Å². The van der Waals surface area contributed by atoms with Gasteiger partial charge in [0.1, 0.15) is 20.7 Å². The van der Waals surface area contributed by atoms with Crippen molar-refractivity contribution in [3.63, 3.8) is 0 Å². The zero-order chi connectivity index (χ0) is 26.5. The molecule has 2 aliphatic heterocycles. The summed E-state index contributed by atoms with van der Waals surface area (Å²) in [5.41, 5.74) is -0.213. The third-order valence-corrected chi connectivity index (χ3v) is 9.16. The Morgan fingerprint density at radius 1 is 0.829 bits per heavy atom. The molecule has 2 aliphatic rings. The molecule has 0 aromatic carbocycles. The lowest BCUT2D eigenvalue weighted by atomic mass is 9.92. The number of aliphatic carboxylic acids is 2. The molecule has 0 saturated carbocycles. The van der Waals surface area contributed by atoms with E-state index in [1.807, 2.05) is 37.5 Å². The van der Waals surface area contributed by atoms with E-state index in [-0.39, 0.29) is 17.3 Å². The largest absolute Gasteiger partial charge is 0.480 e. The van der Waals surface area contributed by atoms with Crippen LogP contribution in [0.15, 0.2) is 0 Å². The summed E-state index contributed by atoms with van der Waals surface area (Å²) in [6, 6.07) is -1.07. The van der Waals surface area contributed by atoms with Crippen LogP contribution in [-0.2, 0) is 9.59 Å². The van der Waals surface area contributed by atoms with Gasteiger partial charge in [0.2, 0.25) is 0 Å². The Hall–Kier alpha value is -0.660. The second-order valence-electron chi connectivity index (χ2n) is 11.1. The van der Waals surface area contributed by atoms with E-state index in [4.69, 9.17) is 24.4 Å². The Kier molecular flexibility index (Phi) is 11.6. The van der Waals surface area contributed by atoms with Crippen LogP contribution >= 0.6 is 48.0 Å². The standard InChI is InChI=1S/C23H40N4O4S4/c1-15(2)7-17(19(28)29)26-11-24(21(32)34-13-26)9-23(5,6)10-25-12-27(14-35-22(25)33)18(20(30)31)8-16(3)4/h15-18H,7-14H2,1-6H3,(H,28,29)(H,30,31). The number of carboxylic acid groups (broad SMARTS) is 2. The van der Waals surface area contributed by atoms with Gasteiger partial charge in [0.05, 0.1) is 25.1 Å². The highest BCUT2D eigenvalue weighted by Gasteiger charge is 2.37. The fourth-order valence-corrected chi connectivity index (χ4v) is 6.74. The SMILES string of the molecule is CC(C)CC(C(=O)O)N1CSC(=S)N(CC(C)(C)CN2CN(C(CC(C)C)C(=O)O)CSC2=S)C1. The molecule has 2 saturated heterocycles. The van der Waals surface area contributed by atoms with E-state index in [1.165, 1.54) is 23.5 Å². The fourth-order valence-electron chi connectivity index (χ4n) is 4.49. The summed E-state index contributed by atoms with van der Waals surface area (Å²) in [5, 5.41) is 19.6. The van der Waals surface area contributed by atoms with Crippen molar-refractivity contribution in [2.24, 2.45) is 17.3 Å². The van der Waals surface area contributed by atoms with E-state index in [1.54, 1.807) is 0 Å². The fraction of sp³-hybridized carbons (Fsp3) is 0.826. The molecule has 2 fully saturated rings. The highest BCUT2D eigenvalue weighted by molar-refractivity contribution is 8.23. The summed E-state index contributed by atoms with van der Waals surface area (Å²) >= 11 is 14.3. The lowest BCUT2D eigenvalue weighted by Gasteiger charge is -2.46. The van der Waals surface area contributed by atoms with Gasteiger partial charge in [-0.15, -0.1) is 0 Å². The summed E-state index contributed by atoms with van der Waals surface area (Å²) in [4.78, 5) is 32.0. The van der Waals surface area contributed by atoms with Gasteiger partial charge in [0, 0.05) is 13.1 Å². The normalized spacial score (nSPS) is 20.6. The molecule has 0 aliphatic carbocycles. The van der Waals surface area contributed by atoms with Crippen molar-refractivity contribution in [2.75, 3.05) is 38.2 Å². The van der Waals surface area contributed by atoms with E-state index in [0.29, 0.717) is 51.0 Å². The molecule has 0 bridgehead atoms. The van der Waals surface area contributed by atoms with Gasteiger partial charge in [0.15, 0.2) is 0 Å². The second-order valence-corrected chi connectivity index (χ2v) is 14.2. The Morgan fingerprint density at radius 3 is 1.46 bits per heavy atom. The highest BCUT2D eigenvalue weighted by atomic mass is 32.2. The third-order valence-electron chi connectivity index (χ3n) is 6.01. The van der Waals surface area contributed by atoms with Gasteiger partial charge in [-0.3, -0.25) is 19.4 Å². The molecule has 35 heavy (non-hydrogen) atoms. The van der Waals surface area contributed by atoms with Crippen molar-refractivity contribution in [2.45, 2.75) is 66.5 Å². The first-order valence-corrected chi connectivity index (χ1v) is 14.8. The first-order chi connectivity index (χ1) is 16.2. The van der Waals surface area contributed by atoms with Crippen molar-refractivity contribution >= 4 is 68.5 Å². The number of carbonyl (C=O) groups is 2. The molecule has 2 unspecified atom stereocenters. The smallest absolute Gasteiger partial charge is 0.321 e. The van der Waals surface area contributed by atoms with Gasteiger partial charge in [-0.1, -0.05) is 89.5 Å². The van der Waals surface area contributed by atoms with Crippen LogP contribution in [0.25, 0.3) is 0 Å². The van der Waals surface area contributed by atoms with Crippen LogP contribution in [0.5, 0.6) is 0 Å². The molecule has 0 spiro atoms. The summed E-state index contributed by atoms with van der Waals surface area (Å²) in [6.45, 7) is 14.7. The molecular weight excluding hydrogens is 525 g/mol. The van der Waals surface area contributed by atoms with Crippen molar-refractivity contribution < 1.29 is 19.8 Å². The van der Waals surface area contributed by atoms with Crippen molar-refractivity contribution in [1.29, 1.82) is 0 Å². The van der Waals surface area contributed by atoms with Crippen LogP contribution in [0.4, 0.5) is 0 Å². The minimum absolute atomic E-state index is 0.213. The van der Waals surface area contributed by atoms with E-state index in [0.717, 1.165) is 8.64 Å². The Labute approximate surface area is 229 Å².